The third-order valence-electron chi connectivity index (χ3n) is 5.67. The Balaban J connectivity index is 1.58. The maximum absolute atomic E-state index is 13.0. The topological polar surface area (TPSA) is 92.2 Å². The van der Waals surface area contributed by atoms with Gasteiger partial charge in [-0.2, -0.15) is 0 Å². The second-order valence-corrected chi connectivity index (χ2v) is 9.05. The van der Waals surface area contributed by atoms with Crippen molar-refractivity contribution in [2.75, 3.05) is 10.7 Å². The number of hydrogen-bond acceptors (Lipinski definition) is 3. The summed E-state index contributed by atoms with van der Waals surface area (Å²) < 4.78 is 2.21. The fourth-order valence-electron chi connectivity index (χ4n) is 3.96. The Morgan fingerprint density at radius 2 is 1.66 bits per heavy atom. The summed E-state index contributed by atoms with van der Waals surface area (Å²) in [5, 5.41) is 6.41. The zero-order valence-electron chi connectivity index (χ0n) is 17.8. The molecule has 0 atom stereocenters. The van der Waals surface area contributed by atoms with Crippen LogP contribution in [0, 0.1) is 6.92 Å². The maximum Gasteiger partial charge on any atom is 0.328 e. The molecule has 0 radical (unpaired) electrons. The summed E-state index contributed by atoms with van der Waals surface area (Å²) in [6, 6.07) is 14.6. The van der Waals surface area contributed by atoms with Gasteiger partial charge in [0.05, 0.1) is 5.52 Å². The fraction of sp³-hybridized carbons (Fsp3) is 0.292. The molecule has 0 spiro atoms. The molecule has 0 unspecified atom stereocenters. The third kappa shape index (κ3) is 5.02. The number of carbonyl (C=O) groups excluding carboxylic acids is 3. The fourth-order valence-corrected chi connectivity index (χ4v) is 4.33. The predicted molar refractivity (Wildman–Crippen MR) is 128 cm³/mol. The largest absolute Gasteiger partial charge is 0.345 e. The zero-order valence-corrected chi connectivity index (χ0v) is 19.4. The zero-order chi connectivity index (χ0) is 22.7. The van der Waals surface area contributed by atoms with Crippen LogP contribution in [0.25, 0.3) is 10.9 Å². The van der Waals surface area contributed by atoms with Crippen LogP contribution in [0.5, 0.6) is 0 Å². The van der Waals surface area contributed by atoms with Gasteiger partial charge in [0.1, 0.15) is 5.69 Å². The molecule has 1 aromatic heterocycles. The van der Waals surface area contributed by atoms with Gasteiger partial charge in [0.25, 0.3) is 5.91 Å². The summed E-state index contributed by atoms with van der Waals surface area (Å²) in [6.45, 7) is 1.97. The molecule has 32 heavy (non-hydrogen) atoms. The van der Waals surface area contributed by atoms with Crippen molar-refractivity contribution in [2.24, 2.45) is 0 Å². The molecule has 0 aliphatic heterocycles. The molecule has 8 heteroatoms. The number of aromatic nitrogens is 1. The number of rotatable bonds is 4. The molecule has 2 aromatic carbocycles. The monoisotopic (exact) mass is 496 g/mol. The summed E-state index contributed by atoms with van der Waals surface area (Å²) in [6.07, 6.45) is 5.01. The van der Waals surface area contributed by atoms with Crippen molar-refractivity contribution in [1.82, 2.24) is 9.99 Å². The van der Waals surface area contributed by atoms with Crippen LogP contribution < -0.4 is 16.1 Å². The highest BCUT2D eigenvalue weighted by Gasteiger charge is 2.23. The average Bonchev–Trinajstić information content (AvgIpc) is 3.13. The number of hydrogen-bond donors (Lipinski definition) is 3. The normalized spacial score (nSPS) is 14.2. The van der Waals surface area contributed by atoms with Gasteiger partial charge in [-0.1, -0.05) is 52.9 Å². The minimum absolute atomic E-state index is 0.0173. The van der Waals surface area contributed by atoms with Gasteiger partial charge >= 0.3 is 11.8 Å². The third-order valence-corrected chi connectivity index (χ3v) is 6.16. The second kappa shape index (κ2) is 9.56. The number of carbonyl (C=O) groups is 3. The molecule has 1 aliphatic rings. The Hall–Kier alpha value is -3.13. The van der Waals surface area contributed by atoms with Gasteiger partial charge in [0.15, 0.2) is 0 Å². The van der Waals surface area contributed by atoms with E-state index in [1.165, 1.54) is 4.68 Å². The highest BCUT2D eigenvalue weighted by Crippen LogP contribution is 2.24. The molecule has 3 amide bonds. The highest BCUT2D eigenvalue weighted by molar-refractivity contribution is 9.10. The summed E-state index contributed by atoms with van der Waals surface area (Å²) >= 11 is 3.43. The van der Waals surface area contributed by atoms with Crippen molar-refractivity contribution in [3.63, 3.8) is 0 Å². The van der Waals surface area contributed by atoms with E-state index in [9.17, 15) is 14.4 Å². The Morgan fingerprint density at radius 3 is 2.38 bits per heavy atom. The average molecular weight is 497 g/mol. The van der Waals surface area contributed by atoms with Gasteiger partial charge in [0.2, 0.25) is 0 Å². The van der Waals surface area contributed by atoms with E-state index in [1.54, 1.807) is 12.1 Å². The lowest BCUT2D eigenvalue weighted by Gasteiger charge is -2.22. The Morgan fingerprint density at radius 1 is 0.938 bits per heavy atom. The van der Waals surface area contributed by atoms with E-state index in [0.29, 0.717) is 11.2 Å². The minimum Gasteiger partial charge on any atom is -0.345 e. The van der Waals surface area contributed by atoms with Crippen LogP contribution in [0.3, 0.4) is 0 Å². The molecule has 1 aliphatic carbocycles. The van der Waals surface area contributed by atoms with Crippen molar-refractivity contribution in [3.05, 3.63) is 64.3 Å². The summed E-state index contributed by atoms with van der Waals surface area (Å²) in [5.74, 6) is -1.89. The number of fused-ring (bicyclic) bond motifs is 1. The van der Waals surface area contributed by atoms with E-state index in [4.69, 9.17) is 0 Å². The van der Waals surface area contributed by atoms with E-state index in [1.807, 2.05) is 43.3 Å². The molecule has 3 N–H and O–H groups in total. The molecule has 1 saturated carbocycles. The van der Waals surface area contributed by atoms with Crippen molar-refractivity contribution in [1.29, 1.82) is 0 Å². The standard InChI is InChI=1S/C24H25BrN4O3/c1-15-7-10-19(11-8-15)26-22(30)21-14-16-13-17(25)9-12-20(16)29(21)28-24(32)23(31)27-18-5-3-2-4-6-18/h7-14,18H,2-6H2,1H3,(H,26,30)(H,27,31)(H,28,32). The first-order valence-corrected chi connectivity index (χ1v) is 11.5. The SMILES string of the molecule is Cc1ccc(NC(=O)c2cc3cc(Br)ccc3n2NC(=O)C(=O)NC2CCCCC2)cc1. The molecule has 166 valence electrons. The quantitative estimate of drug-likeness (QED) is 0.464. The van der Waals surface area contributed by atoms with Gasteiger partial charge in [-0.05, 0) is 56.2 Å². The smallest absolute Gasteiger partial charge is 0.328 e. The number of anilines is 1. The first-order chi connectivity index (χ1) is 15.4. The number of aryl methyl sites for hydroxylation is 1. The van der Waals surface area contributed by atoms with Crippen LogP contribution in [0.4, 0.5) is 5.69 Å². The second-order valence-electron chi connectivity index (χ2n) is 8.14. The molecular formula is C24H25BrN4O3. The molecule has 4 rings (SSSR count). The van der Waals surface area contributed by atoms with Crippen LogP contribution in [0.2, 0.25) is 0 Å². The van der Waals surface area contributed by atoms with E-state index in [2.05, 4.69) is 32.0 Å². The van der Waals surface area contributed by atoms with Gasteiger partial charge in [-0.25, -0.2) is 4.68 Å². The summed E-state index contributed by atoms with van der Waals surface area (Å²) in [5.41, 5.74) is 5.16. The number of nitrogens with zero attached hydrogens (tertiary/aromatic N) is 1. The van der Waals surface area contributed by atoms with Crippen molar-refractivity contribution in [3.8, 4) is 0 Å². The Bertz CT molecular complexity index is 1160. The van der Waals surface area contributed by atoms with Gasteiger partial charge in [0, 0.05) is 21.6 Å². The van der Waals surface area contributed by atoms with Gasteiger partial charge < -0.3 is 10.6 Å². The van der Waals surface area contributed by atoms with E-state index in [-0.39, 0.29) is 11.7 Å². The van der Waals surface area contributed by atoms with E-state index >= 15 is 0 Å². The molecule has 0 saturated heterocycles. The van der Waals surface area contributed by atoms with Crippen molar-refractivity contribution >= 4 is 50.2 Å². The number of amides is 3. The number of benzene rings is 2. The van der Waals surface area contributed by atoms with Crippen LogP contribution in [-0.4, -0.2) is 28.4 Å². The predicted octanol–water partition coefficient (Wildman–Crippen LogP) is 4.48. The van der Waals surface area contributed by atoms with Crippen LogP contribution in [0.1, 0.15) is 48.2 Å². The van der Waals surface area contributed by atoms with E-state index < -0.39 is 17.7 Å². The van der Waals surface area contributed by atoms with Crippen LogP contribution in [0.15, 0.2) is 53.0 Å². The summed E-state index contributed by atoms with van der Waals surface area (Å²) in [7, 11) is 0. The lowest BCUT2D eigenvalue weighted by Crippen LogP contribution is -2.44. The first-order valence-electron chi connectivity index (χ1n) is 10.7. The first kappa shape index (κ1) is 22.1. The highest BCUT2D eigenvalue weighted by atomic mass is 79.9. The Labute approximate surface area is 194 Å². The van der Waals surface area contributed by atoms with Crippen LogP contribution >= 0.6 is 15.9 Å². The summed E-state index contributed by atoms with van der Waals surface area (Å²) in [4.78, 5) is 38.2. The molecule has 1 heterocycles. The number of nitrogens with one attached hydrogen (secondary N) is 3. The molecular weight excluding hydrogens is 472 g/mol. The lowest BCUT2D eigenvalue weighted by molar-refractivity contribution is -0.137. The molecule has 3 aromatic rings. The van der Waals surface area contributed by atoms with Crippen molar-refractivity contribution < 1.29 is 14.4 Å². The lowest BCUT2D eigenvalue weighted by atomic mass is 9.95. The number of halogens is 1. The van der Waals surface area contributed by atoms with Gasteiger partial charge in [-0.15, -0.1) is 0 Å². The Kier molecular flexibility index (Phi) is 6.60. The maximum atomic E-state index is 13.0. The van der Waals surface area contributed by atoms with Crippen molar-refractivity contribution in [2.45, 2.75) is 45.1 Å². The molecule has 1 fully saturated rings. The van der Waals surface area contributed by atoms with E-state index in [0.717, 1.165) is 47.5 Å². The minimum atomic E-state index is -0.805. The molecule has 0 bridgehead atoms. The molecule has 7 nitrogen and oxygen atoms in total. The van der Waals surface area contributed by atoms with Crippen LogP contribution in [-0.2, 0) is 9.59 Å². The van der Waals surface area contributed by atoms with Gasteiger partial charge in [-0.3, -0.25) is 19.8 Å².